The zero-order valence-corrected chi connectivity index (χ0v) is 15.0. The molecule has 1 aliphatic heterocycles. The van der Waals surface area contributed by atoms with E-state index >= 15 is 0 Å². The van der Waals surface area contributed by atoms with Crippen molar-refractivity contribution in [3.8, 4) is 0 Å². The van der Waals surface area contributed by atoms with Gasteiger partial charge in [-0.15, -0.1) is 0 Å². The van der Waals surface area contributed by atoms with Crippen molar-refractivity contribution in [2.24, 2.45) is 0 Å². The van der Waals surface area contributed by atoms with Gasteiger partial charge >= 0.3 is 0 Å². The number of hydrogen-bond acceptors (Lipinski definition) is 2. The second-order valence-corrected chi connectivity index (χ2v) is 6.73. The van der Waals surface area contributed by atoms with Crippen LogP contribution in [0.5, 0.6) is 0 Å². The summed E-state index contributed by atoms with van der Waals surface area (Å²) in [6.45, 7) is 2.71. The first-order chi connectivity index (χ1) is 12.0. The molecule has 0 atom stereocenters. The van der Waals surface area contributed by atoms with Crippen LogP contribution in [0.3, 0.4) is 0 Å². The fourth-order valence-electron chi connectivity index (χ4n) is 3.06. The first-order valence-electron chi connectivity index (χ1n) is 8.49. The Labute approximate surface area is 152 Å². The van der Waals surface area contributed by atoms with Crippen LogP contribution in [-0.4, -0.2) is 18.4 Å². The molecule has 2 aromatic carbocycles. The molecule has 1 aliphatic rings. The van der Waals surface area contributed by atoms with Gasteiger partial charge in [0.15, 0.2) is 0 Å². The SMILES string of the molecule is Cc1ccc(NC(=O)Cc2ccccc2Cl)cc1N1CCCCC1=O. The lowest BCUT2D eigenvalue weighted by Gasteiger charge is -2.28. The second kappa shape index (κ2) is 7.70. The van der Waals surface area contributed by atoms with E-state index in [1.54, 1.807) is 6.07 Å². The van der Waals surface area contributed by atoms with Gasteiger partial charge in [0.25, 0.3) is 0 Å². The Morgan fingerprint density at radius 3 is 2.76 bits per heavy atom. The Kier molecular flexibility index (Phi) is 5.39. The van der Waals surface area contributed by atoms with Gasteiger partial charge in [0.2, 0.25) is 11.8 Å². The van der Waals surface area contributed by atoms with Crippen LogP contribution in [0.4, 0.5) is 11.4 Å². The number of hydrogen-bond donors (Lipinski definition) is 1. The summed E-state index contributed by atoms with van der Waals surface area (Å²) in [5.41, 5.74) is 3.39. The summed E-state index contributed by atoms with van der Waals surface area (Å²) < 4.78 is 0. The molecule has 0 spiro atoms. The summed E-state index contributed by atoms with van der Waals surface area (Å²) in [5, 5.41) is 3.49. The van der Waals surface area contributed by atoms with Crippen LogP contribution in [-0.2, 0) is 16.0 Å². The highest BCUT2D eigenvalue weighted by atomic mass is 35.5. The Bertz CT molecular complexity index is 804. The number of piperidine rings is 1. The minimum atomic E-state index is -0.132. The third-order valence-electron chi connectivity index (χ3n) is 4.42. The molecular weight excluding hydrogens is 336 g/mol. The van der Waals surface area contributed by atoms with E-state index in [1.807, 2.05) is 48.2 Å². The Hall–Kier alpha value is -2.33. The van der Waals surface area contributed by atoms with Gasteiger partial charge < -0.3 is 10.2 Å². The molecule has 3 rings (SSSR count). The maximum Gasteiger partial charge on any atom is 0.228 e. The largest absolute Gasteiger partial charge is 0.326 e. The van der Waals surface area contributed by atoms with E-state index in [0.717, 1.165) is 36.2 Å². The van der Waals surface area contributed by atoms with Gasteiger partial charge in [-0.1, -0.05) is 35.9 Å². The van der Waals surface area contributed by atoms with Crippen LogP contribution in [0.2, 0.25) is 5.02 Å². The van der Waals surface area contributed by atoms with Gasteiger partial charge in [0.1, 0.15) is 0 Å². The molecule has 1 heterocycles. The van der Waals surface area contributed by atoms with Crippen LogP contribution < -0.4 is 10.2 Å². The Balaban J connectivity index is 1.74. The number of amides is 2. The molecule has 0 saturated carbocycles. The van der Waals surface area contributed by atoms with Crippen molar-refractivity contribution in [2.45, 2.75) is 32.6 Å². The second-order valence-electron chi connectivity index (χ2n) is 6.32. The zero-order chi connectivity index (χ0) is 17.8. The molecule has 2 aromatic rings. The number of nitrogens with zero attached hydrogens (tertiary/aromatic N) is 1. The first kappa shape index (κ1) is 17.5. The smallest absolute Gasteiger partial charge is 0.228 e. The van der Waals surface area contributed by atoms with Gasteiger partial charge in [0.05, 0.1) is 6.42 Å². The van der Waals surface area contributed by atoms with Crippen LogP contribution in [0.15, 0.2) is 42.5 Å². The maximum absolute atomic E-state index is 12.3. The number of halogens is 1. The van der Waals surface area contributed by atoms with Crippen LogP contribution in [0.25, 0.3) is 0 Å². The van der Waals surface area contributed by atoms with E-state index in [2.05, 4.69) is 5.32 Å². The zero-order valence-electron chi connectivity index (χ0n) is 14.2. The maximum atomic E-state index is 12.3. The average Bonchev–Trinajstić information content (AvgIpc) is 2.59. The highest BCUT2D eigenvalue weighted by Gasteiger charge is 2.21. The van der Waals surface area contributed by atoms with Crippen molar-refractivity contribution in [3.63, 3.8) is 0 Å². The van der Waals surface area contributed by atoms with E-state index in [4.69, 9.17) is 11.6 Å². The molecule has 0 unspecified atom stereocenters. The molecule has 0 aliphatic carbocycles. The van der Waals surface area contributed by atoms with E-state index < -0.39 is 0 Å². The summed E-state index contributed by atoms with van der Waals surface area (Å²) in [7, 11) is 0. The fraction of sp³-hybridized carbons (Fsp3) is 0.300. The molecule has 130 valence electrons. The third-order valence-corrected chi connectivity index (χ3v) is 4.78. The van der Waals surface area contributed by atoms with Crippen molar-refractivity contribution in [2.75, 3.05) is 16.8 Å². The topological polar surface area (TPSA) is 49.4 Å². The lowest BCUT2D eigenvalue weighted by Crippen LogP contribution is -2.35. The monoisotopic (exact) mass is 356 g/mol. The number of rotatable bonds is 4. The highest BCUT2D eigenvalue weighted by Crippen LogP contribution is 2.28. The van der Waals surface area contributed by atoms with Crippen LogP contribution in [0.1, 0.15) is 30.4 Å². The number of aryl methyl sites for hydroxylation is 1. The predicted octanol–water partition coefficient (Wildman–Crippen LogP) is 4.35. The lowest BCUT2D eigenvalue weighted by molar-refractivity contribution is -0.119. The minimum Gasteiger partial charge on any atom is -0.326 e. The van der Waals surface area contributed by atoms with E-state index in [0.29, 0.717) is 17.1 Å². The normalized spacial score (nSPS) is 14.5. The summed E-state index contributed by atoms with van der Waals surface area (Å²) in [4.78, 5) is 26.3. The third kappa shape index (κ3) is 4.20. The van der Waals surface area contributed by atoms with Crippen molar-refractivity contribution in [1.29, 1.82) is 0 Å². The Morgan fingerprint density at radius 2 is 2.00 bits per heavy atom. The molecule has 1 fully saturated rings. The summed E-state index contributed by atoms with van der Waals surface area (Å²) >= 11 is 6.11. The summed E-state index contributed by atoms with van der Waals surface area (Å²) in [6.07, 6.45) is 2.75. The van der Waals surface area contributed by atoms with Crippen molar-refractivity contribution >= 4 is 34.8 Å². The molecule has 2 amide bonds. The molecule has 1 saturated heterocycles. The van der Waals surface area contributed by atoms with Crippen molar-refractivity contribution in [3.05, 3.63) is 58.6 Å². The fourth-order valence-corrected chi connectivity index (χ4v) is 3.26. The highest BCUT2D eigenvalue weighted by molar-refractivity contribution is 6.31. The van der Waals surface area contributed by atoms with Crippen molar-refractivity contribution in [1.82, 2.24) is 0 Å². The number of nitrogens with one attached hydrogen (secondary N) is 1. The van der Waals surface area contributed by atoms with Gasteiger partial charge in [-0.3, -0.25) is 9.59 Å². The van der Waals surface area contributed by atoms with Crippen LogP contribution in [0, 0.1) is 6.92 Å². The molecule has 0 radical (unpaired) electrons. The standard InChI is InChI=1S/C20H21ClN2O2/c1-14-9-10-16(13-18(14)23-11-5-4-8-20(23)25)22-19(24)12-15-6-2-3-7-17(15)21/h2-3,6-7,9-10,13H,4-5,8,11-12H2,1H3,(H,22,24). The van der Waals surface area contributed by atoms with Crippen LogP contribution >= 0.6 is 11.6 Å². The average molecular weight is 357 g/mol. The van der Waals surface area contributed by atoms with Gasteiger partial charge in [-0.25, -0.2) is 0 Å². The molecule has 0 bridgehead atoms. The number of carbonyl (C=O) groups excluding carboxylic acids is 2. The molecule has 1 N–H and O–H groups in total. The van der Waals surface area contributed by atoms with E-state index in [-0.39, 0.29) is 18.2 Å². The minimum absolute atomic E-state index is 0.132. The quantitative estimate of drug-likeness (QED) is 0.885. The molecule has 0 aromatic heterocycles. The molecule has 25 heavy (non-hydrogen) atoms. The first-order valence-corrected chi connectivity index (χ1v) is 8.86. The predicted molar refractivity (Wildman–Crippen MR) is 101 cm³/mol. The number of benzene rings is 2. The van der Waals surface area contributed by atoms with Gasteiger partial charge in [-0.2, -0.15) is 0 Å². The number of carbonyl (C=O) groups is 2. The van der Waals surface area contributed by atoms with E-state index in [1.165, 1.54) is 0 Å². The van der Waals surface area contributed by atoms with Gasteiger partial charge in [0, 0.05) is 29.4 Å². The molecule has 4 nitrogen and oxygen atoms in total. The lowest BCUT2D eigenvalue weighted by atomic mass is 10.1. The van der Waals surface area contributed by atoms with Gasteiger partial charge in [-0.05, 0) is 49.1 Å². The molecular formula is C20H21ClN2O2. The van der Waals surface area contributed by atoms with Crippen molar-refractivity contribution < 1.29 is 9.59 Å². The van der Waals surface area contributed by atoms with E-state index in [9.17, 15) is 9.59 Å². The number of anilines is 2. The summed E-state index contributed by atoms with van der Waals surface area (Å²) in [5.74, 6) is 0.0155. The molecule has 5 heteroatoms. The Morgan fingerprint density at radius 1 is 1.20 bits per heavy atom. The summed E-state index contributed by atoms with van der Waals surface area (Å²) in [6, 6.07) is 13.0.